The summed E-state index contributed by atoms with van der Waals surface area (Å²) in [7, 11) is -3.26. The fourth-order valence-corrected chi connectivity index (χ4v) is 4.20. The van der Waals surface area contributed by atoms with E-state index in [1.165, 1.54) is 0 Å². The molecule has 1 heterocycles. The number of nitrogens with one attached hydrogen (secondary N) is 2. The maximum atomic E-state index is 12.5. The van der Waals surface area contributed by atoms with Crippen LogP contribution in [0.1, 0.15) is 39.5 Å². The molecule has 1 aromatic carbocycles. The number of benzene rings is 1. The Morgan fingerprint density at radius 3 is 2.54 bits per heavy atom. The van der Waals surface area contributed by atoms with E-state index in [4.69, 9.17) is 0 Å². The van der Waals surface area contributed by atoms with Gasteiger partial charge in [-0.05, 0) is 51.7 Å². The van der Waals surface area contributed by atoms with E-state index >= 15 is 0 Å². The minimum atomic E-state index is -3.26. The van der Waals surface area contributed by atoms with E-state index < -0.39 is 15.3 Å². The third kappa shape index (κ3) is 4.40. The second-order valence-corrected chi connectivity index (χ2v) is 9.43. The highest BCUT2D eigenvalue weighted by Crippen LogP contribution is 2.27. The molecular formula is C19H25N3O3S. The largest absolute Gasteiger partial charge is 0.324 e. The number of nitrogens with zero attached hydrogens (tertiary/aromatic N) is 1. The minimum absolute atomic E-state index is 0.0211. The average Bonchev–Trinajstić information content (AvgIpc) is 2.61. The quantitative estimate of drug-likeness (QED) is 0.841. The Labute approximate surface area is 154 Å². The second-order valence-electron chi connectivity index (χ2n) is 7.17. The zero-order valence-corrected chi connectivity index (χ0v) is 15.9. The summed E-state index contributed by atoms with van der Waals surface area (Å²) in [5, 5.41) is 3.49. The number of hydrogen-bond acceptors (Lipinski definition) is 4. The van der Waals surface area contributed by atoms with Crippen LogP contribution in [-0.4, -0.2) is 30.6 Å². The predicted molar refractivity (Wildman–Crippen MR) is 103 cm³/mol. The number of amides is 1. The van der Waals surface area contributed by atoms with Crippen molar-refractivity contribution in [1.82, 2.24) is 9.71 Å². The molecule has 1 aliphatic rings. The van der Waals surface area contributed by atoms with Crippen molar-refractivity contribution in [2.24, 2.45) is 5.92 Å². The summed E-state index contributed by atoms with van der Waals surface area (Å²) in [5.41, 5.74) is 1.58. The lowest BCUT2D eigenvalue weighted by atomic mass is 9.86. The second kappa shape index (κ2) is 7.72. The molecule has 1 aromatic heterocycles. The van der Waals surface area contributed by atoms with Crippen LogP contribution in [0.15, 0.2) is 36.5 Å². The number of anilines is 1. The number of rotatable bonds is 5. The van der Waals surface area contributed by atoms with E-state index in [2.05, 4.69) is 15.0 Å². The van der Waals surface area contributed by atoms with Crippen LogP contribution in [0.25, 0.3) is 10.9 Å². The van der Waals surface area contributed by atoms with Crippen LogP contribution in [0.5, 0.6) is 0 Å². The first-order valence-corrected chi connectivity index (χ1v) is 10.6. The number of fused-ring (bicyclic) bond motifs is 1. The van der Waals surface area contributed by atoms with Gasteiger partial charge in [-0.3, -0.25) is 9.78 Å². The molecule has 140 valence electrons. The monoisotopic (exact) mass is 375 g/mol. The van der Waals surface area contributed by atoms with Crippen molar-refractivity contribution < 1.29 is 13.2 Å². The highest BCUT2D eigenvalue weighted by molar-refractivity contribution is 7.90. The maximum Gasteiger partial charge on any atom is 0.227 e. The predicted octanol–water partition coefficient (Wildman–Crippen LogP) is 3.06. The zero-order chi connectivity index (χ0) is 18.7. The first kappa shape index (κ1) is 18.8. The van der Waals surface area contributed by atoms with Gasteiger partial charge in [-0.1, -0.05) is 18.2 Å². The number of aromatic nitrogens is 1. The van der Waals surface area contributed by atoms with Crippen LogP contribution < -0.4 is 10.0 Å². The molecule has 1 saturated carbocycles. The van der Waals surface area contributed by atoms with E-state index in [0.717, 1.165) is 10.9 Å². The normalized spacial score (nSPS) is 21.0. The molecule has 6 nitrogen and oxygen atoms in total. The SMILES string of the molecule is CC(C)S(=O)(=O)NC1CCC(C(=O)Nc2cnc3ccccc3c2)CC1. The lowest BCUT2D eigenvalue weighted by molar-refractivity contribution is -0.120. The smallest absolute Gasteiger partial charge is 0.227 e. The van der Waals surface area contributed by atoms with Crippen LogP contribution in [0, 0.1) is 5.92 Å². The first-order chi connectivity index (χ1) is 12.3. The molecule has 0 radical (unpaired) electrons. The molecule has 0 saturated heterocycles. The molecule has 0 atom stereocenters. The Kier molecular flexibility index (Phi) is 5.58. The molecule has 0 bridgehead atoms. The van der Waals surface area contributed by atoms with Crippen molar-refractivity contribution in [3.05, 3.63) is 36.5 Å². The number of carbonyl (C=O) groups excluding carboxylic acids is 1. The van der Waals surface area contributed by atoms with E-state index in [0.29, 0.717) is 31.4 Å². The van der Waals surface area contributed by atoms with Gasteiger partial charge in [0.2, 0.25) is 15.9 Å². The van der Waals surface area contributed by atoms with Gasteiger partial charge in [-0.25, -0.2) is 13.1 Å². The third-order valence-corrected chi connectivity index (χ3v) is 6.81. The first-order valence-electron chi connectivity index (χ1n) is 9.02. The van der Waals surface area contributed by atoms with Crippen molar-refractivity contribution in [1.29, 1.82) is 0 Å². The Morgan fingerprint density at radius 1 is 1.15 bits per heavy atom. The van der Waals surface area contributed by atoms with Crippen molar-refractivity contribution >= 4 is 32.5 Å². The summed E-state index contributed by atoms with van der Waals surface area (Å²) in [6, 6.07) is 9.61. The molecule has 1 amide bonds. The van der Waals surface area contributed by atoms with Crippen LogP contribution in [0.2, 0.25) is 0 Å². The standard InChI is InChI=1S/C19H25N3O3S/c1-13(2)26(24,25)22-16-9-7-14(8-10-16)19(23)21-17-11-15-5-3-4-6-18(15)20-12-17/h3-6,11-14,16,22H,7-10H2,1-2H3,(H,21,23). The van der Waals surface area contributed by atoms with E-state index in [1.54, 1.807) is 20.0 Å². The fraction of sp³-hybridized carbons (Fsp3) is 0.474. The van der Waals surface area contributed by atoms with Gasteiger partial charge in [-0.15, -0.1) is 0 Å². The minimum Gasteiger partial charge on any atom is -0.324 e. The summed E-state index contributed by atoms with van der Waals surface area (Å²) < 4.78 is 26.7. The van der Waals surface area contributed by atoms with E-state index in [1.807, 2.05) is 30.3 Å². The molecule has 2 N–H and O–H groups in total. The van der Waals surface area contributed by atoms with Gasteiger partial charge >= 0.3 is 0 Å². The van der Waals surface area contributed by atoms with Gasteiger partial charge in [0.15, 0.2) is 0 Å². The molecule has 2 aromatic rings. The molecular weight excluding hydrogens is 350 g/mol. The van der Waals surface area contributed by atoms with E-state index in [9.17, 15) is 13.2 Å². The van der Waals surface area contributed by atoms with Crippen LogP contribution in [0.4, 0.5) is 5.69 Å². The maximum absolute atomic E-state index is 12.5. The van der Waals surface area contributed by atoms with Gasteiger partial charge in [-0.2, -0.15) is 0 Å². The highest BCUT2D eigenvalue weighted by atomic mass is 32.2. The molecule has 0 spiro atoms. The molecule has 1 fully saturated rings. The Balaban J connectivity index is 1.56. The van der Waals surface area contributed by atoms with Gasteiger partial charge in [0, 0.05) is 17.3 Å². The van der Waals surface area contributed by atoms with Crippen LogP contribution >= 0.6 is 0 Å². The fourth-order valence-electron chi connectivity index (χ4n) is 3.23. The van der Waals surface area contributed by atoms with Gasteiger partial charge in [0.25, 0.3) is 0 Å². The summed E-state index contributed by atoms with van der Waals surface area (Å²) in [6.45, 7) is 3.33. The van der Waals surface area contributed by atoms with E-state index in [-0.39, 0.29) is 17.9 Å². The summed E-state index contributed by atoms with van der Waals surface area (Å²) in [5.74, 6) is -0.117. The molecule has 3 rings (SSSR count). The number of sulfonamides is 1. The van der Waals surface area contributed by atoms with Crippen molar-refractivity contribution in [2.75, 3.05) is 5.32 Å². The lowest BCUT2D eigenvalue weighted by Crippen LogP contribution is -2.42. The van der Waals surface area contributed by atoms with Crippen LogP contribution in [-0.2, 0) is 14.8 Å². The number of hydrogen-bond donors (Lipinski definition) is 2. The lowest BCUT2D eigenvalue weighted by Gasteiger charge is -2.28. The Hall–Kier alpha value is -1.99. The van der Waals surface area contributed by atoms with Crippen molar-refractivity contribution in [3.8, 4) is 0 Å². The highest BCUT2D eigenvalue weighted by Gasteiger charge is 2.29. The molecule has 0 aliphatic heterocycles. The van der Waals surface area contributed by atoms with Gasteiger partial charge in [0.1, 0.15) is 0 Å². The third-order valence-electron chi connectivity index (χ3n) is 4.91. The van der Waals surface area contributed by atoms with Crippen molar-refractivity contribution in [3.63, 3.8) is 0 Å². The topological polar surface area (TPSA) is 88.2 Å². The zero-order valence-electron chi connectivity index (χ0n) is 15.1. The van der Waals surface area contributed by atoms with Crippen molar-refractivity contribution in [2.45, 2.75) is 50.8 Å². The summed E-state index contributed by atoms with van der Waals surface area (Å²) in [6.07, 6.45) is 4.39. The molecule has 0 unspecified atom stereocenters. The van der Waals surface area contributed by atoms with Crippen LogP contribution in [0.3, 0.4) is 0 Å². The van der Waals surface area contributed by atoms with Gasteiger partial charge in [0.05, 0.1) is 22.7 Å². The number of para-hydroxylation sites is 1. The Morgan fingerprint density at radius 2 is 1.85 bits per heavy atom. The molecule has 1 aliphatic carbocycles. The number of carbonyl (C=O) groups is 1. The number of pyridine rings is 1. The molecule has 26 heavy (non-hydrogen) atoms. The average molecular weight is 375 g/mol. The summed E-state index contributed by atoms with van der Waals surface area (Å²) in [4.78, 5) is 16.9. The Bertz CT molecular complexity index is 888. The van der Waals surface area contributed by atoms with Gasteiger partial charge < -0.3 is 5.32 Å². The molecule has 7 heteroatoms. The summed E-state index contributed by atoms with van der Waals surface area (Å²) >= 11 is 0.